The highest BCUT2D eigenvalue weighted by molar-refractivity contribution is 6.10. The maximum atomic E-state index is 12.5. The Hall–Kier alpha value is -1.93. The zero-order chi connectivity index (χ0) is 13.8. The maximum absolute atomic E-state index is 12.5. The summed E-state index contributed by atoms with van der Waals surface area (Å²) in [5.74, 6) is 0.0946. The molecule has 0 heterocycles. The van der Waals surface area contributed by atoms with Crippen LogP contribution in [0.4, 0.5) is 0 Å². The lowest BCUT2D eigenvalue weighted by Gasteiger charge is -2.07. The van der Waals surface area contributed by atoms with E-state index in [1.54, 1.807) is 0 Å². The van der Waals surface area contributed by atoms with Gasteiger partial charge in [-0.05, 0) is 38.1 Å². The fourth-order valence-electron chi connectivity index (χ4n) is 2.11. The monoisotopic (exact) mass is 253 g/mol. The molecule has 0 atom stereocenters. The van der Waals surface area contributed by atoms with Crippen LogP contribution < -0.4 is 5.32 Å². The zero-order valence-corrected chi connectivity index (χ0v) is 11.7. The third kappa shape index (κ3) is 3.09. The van der Waals surface area contributed by atoms with Crippen molar-refractivity contribution in [3.63, 3.8) is 0 Å². The van der Waals surface area contributed by atoms with Crippen molar-refractivity contribution in [3.8, 4) is 0 Å². The molecule has 0 saturated carbocycles. The van der Waals surface area contributed by atoms with Crippen LogP contribution >= 0.6 is 0 Å². The van der Waals surface area contributed by atoms with E-state index in [4.69, 9.17) is 0 Å². The third-order valence-electron chi connectivity index (χ3n) is 3.23. The molecule has 0 spiro atoms. The molecule has 2 rings (SSSR count). The van der Waals surface area contributed by atoms with Gasteiger partial charge >= 0.3 is 0 Å². The van der Waals surface area contributed by atoms with Gasteiger partial charge in [0.2, 0.25) is 0 Å². The number of nitrogens with one attached hydrogen (secondary N) is 1. The van der Waals surface area contributed by atoms with Crippen molar-refractivity contribution in [3.05, 3.63) is 70.3 Å². The molecule has 2 nitrogen and oxygen atoms in total. The van der Waals surface area contributed by atoms with Gasteiger partial charge in [0.25, 0.3) is 0 Å². The van der Waals surface area contributed by atoms with Crippen LogP contribution in [-0.4, -0.2) is 12.8 Å². The van der Waals surface area contributed by atoms with Crippen molar-refractivity contribution >= 4 is 5.78 Å². The average Bonchev–Trinajstić information content (AvgIpc) is 2.42. The summed E-state index contributed by atoms with van der Waals surface area (Å²) in [7, 11) is 1.91. The summed E-state index contributed by atoms with van der Waals surface area (Å²) in [6, 6.07) is 13.8. The van der Waals surface area contributed by atoms with E-state index < -0.39 is 0 Å². The Morgan fingerprint density at radius 1 is 1.05 bits per heavy atom. The molecule has 0 aliphatic carbocycles. The minimum atomic E-state index is 0.0946. The summed E-state index contributed by atoms with van der Waals surface area (Å²) in [5, 5.41) is 3.10. The first-order valence-electron chi connectivity index (χ1n) is 6.47. The maximum Gasteiger partial charge on any atom is 0.193 e. The minimum Gasteiger partial charge on any atom is -0.316 e. The second-order valence-electron chi connectivity index (χ2n) is 4.87. The van der Waals surface area contributed by atoms with Gasteiger partial charge in [0.15, 0.2) is 5.78 Å². The van der Waals surface area contributed by atoms with Crippen LogP contribution in [0.15, 0.2) is 42.5 Å². The predicted octanol–water partition coefficient (Wildman–Crippen LogP) is 3.25. The Bertz CT molecular complexity index is 585. The number of aryl methyl sites for hydroxylation is 2. The minimum absolute atomic E-state index is 0.0946. The molecular weight excluding hydrogens is 234 g/mol. The topological polar surface area (TPSA) is 29.1 Å². The molecule has 0 fully saturated rings. The first-order chi connectivity index (χ1) is 9.11. The van der Waals surface area contributed by atoms with E-state index in [2.05, 4.69) is 5.32 Å². The zero-order valence-electron chi connectivity index (χ0n) is 11.7. The van der Waals surface area contributed by atoms with Crippen molar-refractivity contribution in [2.45, 2.75) is 20.4 Å². The van der Waals surface area contributed by atoms with Gasteiger partial charge in [0.05, 0.1) is 0 Å². The molecule has 19 heavy (non-hydrogen) atoms. The summed E-state index contributed by atoms with van der Waals surface area (Å²) in [4.78, 5) is 12.5. The lowest BCUT2D eigenvalue weighted by Crippen LogP contribution is -2.07. The predicted molar refractivity (Wildman–Crippen MR) is 78.6 cm³/mol. The number of hydrogen-bond donors (Lipinski definition) is 1. The molecule has 0 aromatic heterocycles. The quantitative estimate of drug-likeness (QED) is 0.847. The molecule has 0 unspecified atom stereocenters. The van der Waals surface area contributed by atoms with Crippen LogP contribution in [0.1, 0.15) is 32.6 Å². The molecule has 0 aliphatic heterocycles. The molecule has 2 heteroatoms. The fourth-order valence-corrected chi connectivity index (χ4v) is 2.11. The molecule has 0 amide bonds. The molecular formula is C17H19NO. The Kier molecular flexibility index (Phi) is 4.13. The summed E-state index contributed by atoms with van der Waals surface area (Å²) in [6.07, 6.45) is 0. The van der Waals surface area contributed by atoms with E-state index in [0.29, 0.717) is 0 Å². The van der Waals surface area contributed by atoms with E-state index in [1.165, 1.54) is 5.56 Å². The number of carbonyl (C=O) groups excluding carboxylic acids is 1. The molecule has 0 saturated heterocycles. The van der Waals surface area contributed by atoms with Gasteiger partial charge in [-0.1, -0.05) is 42.0 Å². The van der Waals surface area contributed by atoms with Crippen LogP contribution in [0.25, 0.3) is 0 Å². The Morgan fingerprint density at radius 2 is 1.74 bits per heavy atom. The van der Waals surface area contributed by atoms with Crippen molar-refractivity contribution in [1.82, 2.24) is 5.32 Å². The molecule has 0 aliphatic rings. The van der Waals surface area contributed by atoms with Crippen molar-refractivity contribution in [2.75, 3.05) is 7.05 Å². The highest BCUT2D eigenvalue weighted by atomic mass is 16.1. The summed E-state index contributed by atoms with van der Waals surface area (Å²) in [6.45, 7) is 4.80. The van der Waals surface area contributed by atoms with E-state index in [0.717, 1.165) is 28.8 Å². The third-order valence-corrected chi connectivity index (χ3v) is 3.23. The molecule has 1 N–H and O–H groups in total. The smallest absolute Gasteiger partial charge is 0.193 e. The lowest BCUT2D eigenvalue weighted by molar-refractivity contribution is 0.103. The second kappa shape index (κ2) is 5.81. The average molecular weight is 253 g/mol. The second-order valence-corrected chi connectivity index (χ2v) is 4.87. The number of benzene rings is 2. The van der Waals surface area contributed by atoms with Gasteiger partial charge < -0.3 is 5.32 Å². The van der Waals surface area contributed by atoms with Gasteiger partial charge in [-0.2, -0.15) is 0 Å². The standard InChI is InChI=1S/C17H19NO/c1-12-4-5-13(2)16(10-12)17(19)15-8-6-14(7-9-15)11-18-3/h4-10,18H,11H2,1-3H3. The fraction of sp³-hybridized carbons (Fsp3) is 0.235. The SMILES string of the molecule is CNCc1ccc(C(=O)c2cc(C)ccc2C)cc1. The first-order valence-corrected chi connectivity index (χ1v) is 6.47. The number of hydrogen-bond acceptors (Lipinski definition) is 2. The van der Waals surface area contributed by atoms with Crippen LogP contribution in [0.3, 0.4) is 0 Å². The Morgan fingerprint density at radius 3 is 2.37 bits per heavy atom. The Labute approximate surface area is 114 Å². The summed E-state index contributed by atoms with van der Waals surface area (Å²) < 4.78 is 0. The van der Waals surface area contributed by atoms with Gasteiger partial charge in [-0.3, -0.25) is 4.79 Å². The van der Waals surface area contributed by atoms with Gasteiger partial charge in [0, 0.05) is 17.7 Å². The summed E-state index contributed by atoms with van der Waals surface area (Å²) in [5.41, 5.74) is 4.85. The highest BCUT2D eigenvalue weighted by Crippen LogP contribution is 2.16. The van der Waals surface area contributed by atoms with E-state index >= 15 is 0 Å². The van der Waals surface area contributed by atoms with Crippen molar-refractivity contribution in [1.29, 1.82) is 0 Å². The van der Waals surface area contributed by atoms with Crippen LogP contribution in [0, 0.1) is 13.8 Å². The number of carbonyl (C=O) groups is 1. The molecule has 0 radical (unpaired) electrons. The van der Waals surface area contributed by atoms with Crippen LogP contribution in [-0.2, 0) is 6.54 Å². The first kappa shape index (κ1) is 13.5. The van der Waals surface area contributed by atoms with Gasteiger partial charge in [-0.25, -0.2) is 0 Å². The van der Waals surface area contributed by atoms with Gasteiger partial charge in [-0.15, -0.1) is 0 Å². The summed E-state index contributed by atoms with van der Waals surface area (Å²) >= 11 is 0. The Balaban J connectivity index is 2.30. The van der Waals surface area contributed by atoms with Gasteiger partial charge in [0.1, 0.15) is 0 Å². The lowest BCUT2D eigenvalue weighted by atomic mass is 9.97. The molecule has 98 valence electrons. The van der Waals surface area contributed by atoms with E-state index in [-0.39, 0.29) is 5.78 Å². The van der Waals surface area contributed by atoms with E-state index in [9.17, 15) is 4.79 Å². The van der Waals surface area contributed by atoms with E-state index in [1.807, 2.05) is 63.4 Å². The number of rotatable bonds is 4. The molecule has 2 aromatic carbocycles. The molecule has 2 aromatic rings. The van der Waals surface area contributed by atoms with Crippen molar-refractivity contribution < 1.29 is 4.79 Å². The molecule has 0 bridgehead atoms. The van der Waals surface area contributed by atoms with Crippen LogP contribution in [0.5, 0.6) is 0 Å². The van der Waals surface area contributed by atoms with Crippen LogP contribution in [0.2, 0.25) is 0 Å². The highest BCUT2D eigenvalue weighted by Gasteiger charge is 2.11. The largest absolute Gasteiger partial charge is 0.316 e. The normalized spacial score (nSPS) is 10.5. The number of ketones is 1. The van der Waals surface area contributed by atoms with Crippen molar-refractivity contribution in [2.24, 2.45) is 0 Å².